The molecule has 2 aliphatic rings. The van der Waals surface area contributed by atoms with Crippen molar-refractivity contribution in [1.29, 1.82) is 0 Å². The molecule has 1 unspecified atom stereocenters. The average molecular weight is 394 g/mol. The number of imidazole rings is 1. The summed E-state index contributed by atoms with van der Waals surface area (Å²) in [7, 11) is 0. The maximum absolute atomic E-state index is 13.1. The zero-order chi connectivity index (χ0) is 19.3. The molecule has 1 atom stereocenters. The van der Waals surface area contributed by atoms with Gasteiger partial charge in [-0.25, -0.2) is 9.59 Å². The van der Waals surface area contributed by atoms with Gasteiger partial charge in [-0.2, -0.15) is 4.98 Å². The number of fused-ring (bicyclic) bond motifs is 4. The Morgan fingerprint density at radius 2 is 2.00 bits per heavy atom. The Hall–Kier alpha value is -3.26. The maximum Gasteiger partial charge on any atom is 0.356 e. The Balaban J connectivity index is 1.46. The van der Waals surface area contributed by atoms with E-state index in [0.29, 0.717) is 30.7 Å². The molecule has 0 saturated carbocycles. The molecular formula is C20H14N2O5S. The normalized spacial score (nSPS) is 19.8. The molecule has 28 heavy (non-hydrogen) atoms. The molecule has 1 aromatic carbocycles. The van der Waals surface area contributed by atoms with Crippen molar-refractivity contribution in [3.8, 4) is 6.01 Å². The Kier molecular flexibility index (Phi) is 3.87. The third-order valence-corrected chi connectivity index (χ3v) is 5.96. The number of aromatic nitrogens is 2. The van der Waals surface area contributed by atoms with Gasteiger partial charge in [0.05, 0.1) is 11.4 Å². The van der Waals surface area contributed by atoms with Crippen LogP contribution in [0.4, 0.5) is 0 Å². The summed E-state index contributed by atoms with van der Waals surface area (Å²) in [6.45, 7) is 0. The highest BCUT2D eigenvalue weighted by Crippen LogP contribution is 2.34. The molecular weight excluding hydrogens is 380 g/mol. The molecule has 5 rings (SSSR count). The quantitative estimate of drug-likeness (QED) is 0.490. The minimum absolute atomic E-state index is 0.0817. The van der Waals surface area contributed by atoms with Crippen molar-refractivity contribution in [3.63, 3.8) is 0 Å². The van der Waals surface area contributed by atoms with Crippen molar-refractivity contribution in [2.24, 2.45) is 5.92 Å². The van der Waals surface area contributed by atoms with Gasteiger partial charge in [-0.05, 0) is 18.9 Å². The van der Waals surface area contributed by atoms with E-state index in [9.17, 15) is 14.4 Å². The summed E-state index contributed by atoms with van der Waals surface area (Å²) in [5, 5.41) is 2.87. The van der Waals surface area contributed by atoms with Crippen molar-refractivity contribution in [2.45, 2.75) is 19.3 Å². The number of rotatable bonds is 2. The van der Waals surface area contributed by atoms with E-state index in [0.717, 1.165) is 27.8 Å². The van der Waals surface area contributed by atoms with Crippen LogP contribution in [0.25, 0.3) is 10.1 Å². The van der Waals surface area contributed by atoms with Gasteiger partial charge in [-0.1, -0.05) is 18.2 Å². The molecule has 0 fully saturated rings. The van der Waals surface area contributed by atoms with Gasteiger partial charge in [0, 0.05) is 45.5 Å². The van der Waals surface area contributed by atoms with E-state index in [2.05, 4.69) is 4.98 Å². The van der Waals surface area contributed by atoms with Crippen LogP contribution in [0.2, 0.25) is 0 Å². The molecule has 0 bridgehead atoms. The van der Waals surface area contributed by atoms with Crippen LogP contribution in [0, 0.1) is 5.92 Å². The number of esters is 1. The minimum atomic E-state index is -0.697. The first-order chi connectivity index (χ1) is 13.6. The highest BCUT2D eigenvalue weighted by molar-refractivity contribution is 7.17. The number of ether oxygens (including phenoxy) is 1. The van der Waals surface area contributed by atoms with Gasteiger partial charge in [-0.15, -0.1) is 16.1 Å². The Morgan fingerprint density at radius 3 is 2.89 bits per heavy atom. The lowest BCUT2D eigenvalue weighted by Crippen LogP contribution is -2.27. The standard InChI is InChI=1S/C20H14N2O5S/c23-17-7-8-18(24)27-22-15-6-5-11(9-14(15)21-20(22)26-17)19(25)13-10-28-16-4-2-1-3-12(13)16/h1-4,7-8,10-11H,5-6,9H2/b8-7+. The number of nitrogens with zero attached hydrogens (tertiary/aromatic N) is 2. The van der Waals surface area contributed by atoms with Crippen molar-refractivity contribution >= 4 is 39.1 Å². The van der Waals surface area contributed by atoms with Gasteiger partial charge in [-0.3, -0.25) is 4.79 Å². The second-order valence-corrected chi connectivity index (χ2v) is 7.61. The van der Waals surface area contributed by atoms with Crippen LogP contribution in [0.1, 0.15) is 28.2 Å². The van der Waals surface area contributed by atoms with Crippen LogP contribution in [-0.4, -0.2) is 27.4 Å². The zero-order valence-electron chi connectivity index (χ0n) is 14.6. The molecule has 1 aliphatic carbocycles. The SMILES string of the molecule is O=C1/C=C/C(=O)On2c(nc3c2CCC(C(=O)c2csc4ccccc24)C3)O1. The summed E-state index contributed by atoms with van der Waals surface area (Å²) < 4.78 is 7.38. The predicted molar refractivity (Wildman–Crippen MR) is 100 cm³/mol. The number of ketones is 1. The minimum Gasteiger partial charge on any atom is -0.387 e. The molecule has 7 nitrogen and oxygen atoms in total. The summed E-state index contributed by atoms with van der Waals surface area (Å²) in [4.78, 5) is 46.1. The van der Waals surface area contributed by atoms with E-state index in [1.54, 1.807) is 11.3 Å². The van der Waals surface area contributed by atoms with Crippen molar-refractivity contribution in [3.05, 3.63) is 58.7 Å². The number of benzene rings is 1. The summed E-state index contributed by atoms with van der Waals surface area (Å²) in [5.41, 5.74) is 2.00. The number of hydrogen-bond acceptors (Lipinski definition) is 7. The Morgan fingerprint density at radius 1 is 1.18 bits per heavy atom. The summed E-state index contributed by atoms with van der Waals surface area (Å²) in [6.07, 6.45) is 3.50. The first-order valence-corrected chi connectivity index (χ1v) is 9.71. The maximum atomic E-state index is 13.1. The molecule has 3 aromatic rings. The Bertz CT molecular complexity index is 1170. The fourth-order valence-electron chi connectivity index (χ4n) is 3.66. The first-order valence-electron chi connectivity index (χ1n) is 8.83. The van der Waals surface area contributed by atoms with Gasteiger partial charge < -0.3 is 9.57 Å². The fourth-order valence-corrected chi connectivity index (χ4v) is 4.62. The summed E-state index contributed by atoms with van der Waals surface area (Å²) >= 11 is 1.56. The van der Waals surface area contributed by atoms with E-state index < -0.39 is 11.9 Å². The molecule has 0 amide bonds. The average Bonchev–Trinajstić information content (AvgIpc) is 3.26. The lowest BCUT2D eigenvalue weighted by atomic mass is 9.84. The van der Waals surface area contributed by atoms with Gasteiger partial charge >= 0.3 is 17.9 Å². The van der Waals surface area contributed by atoms with Crippen LogP contribution >= 0.6 is 11.3 Å². The number of thiophene rings is 1. The molecule has 2 aromatic heterocycles. The first kappa shape index (κ1) is 16.9. The van der Waals surface area contributed by atoms with E-state index in [-0.39, 0.29) is 17.7 Å². The van der Waals surface area contributed by atoms with E-state index in [1.165, 1.54) is 4.73 Å². The topological polar surface area (TPSA) is 87.5 Å². The zero-order valence-corrected chi connectivity index (χ0v) is 15.4. The monoisotopic (exact) mass is 394 g/mol. The molecule has 0 N–H and O–H groups in total. The molecule has 0 radical (unpaired) electrons. The lowest BCUT2D eigenvalue weighted by molar-refractivity contribution is -0.143. The van der Waals surface area contributed by atoms with E-state index in [4.69, 9.17) is 9.57 Å². The number of carbonyl (C=O) groups excluding carboxylic acids is 3. The number of Topliss-reactive ketones (excluding diaryl/α,β-unsaturated/α-hetero) is 1. The molecule has 0 spiro atoms. The third-order valence-electron chi connectivity index (χ3n) is 5.00. The van der Waals surface area contributed by atoms with Crippen LogP contribution in [-0.2, 0) is 22.4 Å². The second-order valence-electron chi connectivity index (χ2n) is 6.70. The highest BCUT2D eigenvalue weighted by atomic mass is 32.1. The van der Waals surface area contributed by atoms with Gasteiger partial charge in [0.25, 0.3) is 0 Å². The van der Waals surface area contributed by atoms with Crippen LogP contribution in [0.15, 0.2) is 41.8 Å². The predicted octanol–water partition coefficient (Wildman–Crippen LogP) is 2.52. The molecule has 1 aliphatic heterocycles. The van der Waals surface area contributed by atoms with Crippen LogP contribution in [0.3, 0.4) is 0 Å². The molecule has 0 saturated heterocycles. The molecule has 8 heteroatoms. The second kappa shape index (κ2) is 6.42. The number of hydrogen-bond donors (Lipinski definition) is 0. The lowest BCUT2D eigenvalue weighted by Gasteiger charge is -2.21. The highest BCUT2D eigenvalue weighted by Gasteiger charge is 2.33. The van der Waals surface area contributed by atoms with E-state index >= 15 is 0 Å². The van der Waals surface area contributed by atoms with Gasteiger partial charge in [0.1, 0.15) is 0 Å². The summed E-state index contributed by atoms with van der Waals surface area (Å²) in [5.74, 6) is -1.52. The Labute approximate surface area is 163 Å². The number of carbonyl (C=O) groups is 3. The molecule has 140 valence electrons. The van der Waals surface area contributed by atoms with Crippen molar-refractivity contribution in [1.82, 2.24) is 9.71 Å². The largest absolute Gasteiger partial charge is 0.387 e. The van der Waals surface area contributed by atoms with Crippen LogP contribution < -0.4 is 9.57 Å². The van der Waals surface area contributed by atoms with Gasteiger partial charge in [0.15, 0.2) is 5.78 Å². The summed E-state index contributed by atoms with van der Waals surface area (Å²) in [6, 6.07) is 7.76. The third kappa shape index (κ3) is 2.73. The fraction of sp³-hybridized carbons (Fsp3) is 0.200. The molecule has 3 heterocycles. The van der Waals surface area contributed by atoms with Gasteiger partial charge in [0.2, 0.25) is 0 Å². The van der Waals surface area contributed by atoms with E-state index in [1.807, 2.05) is 29.6 Å². The smallest absolute Gasteiger partial charge is 0.356 e. The van der Waals surface area contributed by atoms with Crippen molar-refractivity contribution in [2.75, 3.05) is 0 Å². The van der Waals surface area contributed by atoms with Crippen LogP contribution in [0.5, 0.6) is 6.01 Å². The van der Waals surface area contributed by atoms with Crippen molar-refractivity contribution < 1.29 is 24.0 Å².